The Balaban J connectivity index is 2.32. The lowest BCUT2D eigenvalue weighted by atomic mass is 10.0. The summed E-state index contributed by atoms with van der Waals surface area (Å²) < 4.78 is 0. The highest BCUT2D eigenvalue weighted by Crippen LogP contribution is 2.24. The van der Waals surface area contributed by atoms with E-state index in [2.05, 4.69) is 4.98 Å². The molecule has 1 saturated heterocycles. The normalized spacial score (nSPS) is 18.9. The maximum atomic E-state index is 12.5. The van der Waals surface area contributed by atoms with Crippen LogP contribution in [0.3, 0.4) is 0 Å². The molecule has 7 nitrogen and oxygen atoms in total. The maximum absolute atomic E-state index is 12.5. The Kier molecular flexibility index (Phi) is 4.51. The van der Waals surface area contributed by atoms with Gasteiger partial charge in [-0.1, -0.05) is 11.6 Å². The lowest BCUT2D eigenvalue weighted by Crippen LogP contribution is -2.47. The number of amides is 1. The van der Waals surface area contributed by atoms with Gasteiger partial charge in [-0.25, -0.2) is 4.98 Å². The summed E-state index contributed by atoms with van der Waals surface area (Å²) in [6.45, 7) is 0.950. The van der Waals surface area contributed by atoms with Crippen LogP contribution in [0.2, 0.25) is 5.15 Å². The van der Waals surface area contributed by atoms with Crippen molar-refractivity contribution in [2.45, 2.75) is 25.3 Å². The molecule has 1 fully saturated rings. The van der Waals surface area contributed by atoms with Crippen LogP contribution in [-0.4, -0.2) is 39.8 Å². The van der Waals surface area contributed by atoms with Gasteiger partial charge in [0.1, 0.15) is 11.3 Å². The molecule has 2 N–H and O–H groups in total. The predicted octanol–water partition coefficient (Wildman–Crippen LogP) is 1.60. The molecule has 2 heterocycles. The van der Waals surface area contributed by atoms with Gasteiger partial charge in [0.15, 0.2) is 0 Å². The van der Waals surface area contributed by atoms with Crippen LogP contribution >= 0.6 is 11.6 Å². The Morgan fingerprint density at radius 1 is 1.60 bits per heavy atom. The van der Waals surface area contributed by atoms with E-state index in [0.717, 1.165) is 25.5 Å². The largest absolute Gasteiger partial charge is 0.334 e. The molecule has 0 bridgehead atoms. The molecule has 8 heteroatoms. The highest BCUT2D eigenvalue weighted by molar-refractivity contribution is 6.32. The van der Waals surface area contributed by atoms with Crippen molar-refractivity contribution >= 4 is 23.2 Å². The Hall–Kier alpha value is -1.73. The van der Waals surface area contributed by atoms with Crippen molar-refractivity contribution in [3.05, 3.63) is 33.1 Å². The minimum absolute atomic E-state index is 0.0260. The molecule has 0 aliphatic carbocycles. The summed E-state index contributed by atoms with van der Waals surface area (Å²) in [6, 6.07) is 1.12. The van der Waals surface area contributed by atoms with Crippen LogP contribution in [0.15, 0.2) is 12.3 Å². The van der Waals surface area contributed by atoms with E-state index in [-0.39, 0.29) is 28.4 Å². The minimum Gasteiger partial charge on any atom is -0.334 e. The third-order valence-corrected chi connectivity index (χ3v) is 3.73. The van der Waals surface area contributed by atoms with E-state index in [0.29, 0.717) is 13.1 Å². The lowest BCUT2D eigenvalue weighted by Gasteiger charge is -2.35. The van der Waals surface area contributed by atoms with Crippen molar-refractivity contribution in [1.82, 2.24) is 9.88 Å². The molecule has 0 spiro atoms. The fraction of sp³-hybridized carbons (Fsp3) is 0.500. The van der Waals surface area contributed by atoms with E-state index in [1.807, 2.05) is 0 Å². The quantitative estimate of drug-likeness (QED) is 0.518. The number of hydrogen-bond donors (Lipinski definition) is 1. The number of pyridine rings is 1. The molecule has 1 aliphatic rings. The number of carbonyl (C=O) groups is 1. The molecule has 1 unspecified atom stereocenters. The van der Waals surface area contributed by atoms with E-state index in [9.17, 15) is 14.9 Å². The van der Waals surface area contributed by atoms with Gasteiger partial charge in [0.05, 0.1) is 10.5 Å². The third-order valence-electron chi connectivity index (χ3n) is 3.43. The Bertz CT molecular complexity index is 537. The zero-order valence-electron chi connectivity index (χ0n) is 10.8. The van der Waals surface area contributed by atoms with Crippen LogP contribution < -0.4 is 5.73 Å². The molecule has 2 rings (SSSR count). The first-order chi connectivity index (χ1) is 9.54. The van der Waals surface area contributed by atoms with E-state index in [1.54, 1.807) is 4.90 Å². The molecule has 0 aromatic carbocycles. The fourth-order valence-electron chi connectivity index (χ4n) is 2.35. The lowest BCUT2D eigenvalue weighted by molar-refractivity contribution is -0.385. The zero-order valence-corrected chi connectivity index (χ0v) is 11.5. The number of hydrogen-bond acceptors (Lipinski definition) is 5. The van der Waals surface area contributed by atoms with E-state index in [1.165, 1.54) is 6.07 Å². The number of halogens is 1. The SMILES string of the molecule is NCC1CCCCN1C(=O)c1cc([N+](=O)[O-])cnc1Cl. The third kappa shape index (κ3) is 2.88. The zero-order chi connectivity index (χ0) is 14.7. The molecule has 0 saturated carbocycles. The number of nitro groups is 1. The van der Waals surface area contributed by atoms with Crippen LogP contribution in [0.1, 0.15) is 29.6 Å². The first-order valence-corrected chi connectivity index (χ1v) is 6.73. The van der Waals surface area contributed by atoms with Crippen molar-refractivity contribution in [1.29, 1.82) is 0 Å². The summed E-state index contributed by atoms with van der Waals surface area (Å²) in [5.41, 5.74) is 5.48. The van der Waals surface area contributed by atoms with Crippen LogP contribution in [-0.2, 0) is 0 Å². The molecule has 1 aromatic heterocycles. The van der Waals surface area contributed by atoms with Crippen molar-refractivity contribution < 1.29 is 9.72 Å². The van der Waals surface area contributed by atoms with Crippen LogP contribution in [0.25, 0.3) is 0 Å². The fourth-order valence-corrected chi connectivity index (χ4v) is 2.54. The van der Waals surface area contributed by atoms with Crippen LogP contribution in [0, 0.1) is 10.1 Å². The first kappa shape index (κ1) is 14.7. The van der Waals surface area contributed by atoms with Gasteiger partial charge in [0.2, 0.25) is 0 Å². The number of likely N-dealkylation sites (tertiary alicyclic amines) is 1. The molecule has 0 radical (unpaired) electrons. The standard InChI is InChI=1S/C12H15ClN4O3/c13-11-10(5-9(7-15-11)17(19)20)12(18)16-4-2-1-3-8(16)6-14/h5,7-8H,1-4,6,14H2. The minimum atomic E-state index is -0.600. The van der Waals surface area contributed by atoms with Gasteiger partial charge in [-0.3, -0.25) is 14.9 Å². The summed E-state index contributed by atoms with van der Waals surface area (Å²) in [4.78, 5) is 28.0. The molecule has 108 valence electrons. The van der Waals surface area contributed by atoms with Gasteiger partial charge >= 0.3 is 0 Å². The Morgan fingerprint density at radius 3 is 3.00 bits per heavy atom. The topological polar surface area (TPSA) is 102 Å². The number of aromatic nitrogens is 1. The monoisotopic (exact) mass is 298 g/mol. The van der Waals surface area contributed by atoms with Crippen LogP contribution in [0.4, 0.5) is 5.69 Å². The summed E-state index contributed by atoms with van der Waals surface area (Å²) >= 11 is 5.89. The maximum Gasteiger partial charge on any atom is 0.288 e. The Morgan fingerprint density at radius 2 is 2.35 bits per heavy atom. The number of carbonyl (C=O) groups excluding carboxylic acids is 1. The number of piperidine rings is 1. The molecule has 1 aliphatic heterocycles. The molecule has 1 amide bonds. The van der Waals surface area contributed by atoms with Gasteiger partial charge in [-0.15, -0.1) is 0 Å². The van der Waals surface area contributed by atoms with E-state index >= 15 is 0 Å². The number of rotatable bonds is 3. The average Bonchev–Trinajstić information content (AvgIpc) is 2.46. The smallest absolute Gasteiger partial charge is 0.288 e. The first-order valence-electron chi connectivity index (χ1n) is 6.35. The van der Waals surface area contributed by atoms with Crippen molar-refractivity contribution in [3.63, 3.8) is 0 Å². The molecule has 1 atom stereocenters. The second-order valence-electron chi connectivity index (χ2n) is 4.67. The summed E-state index contributed by atoms with van der Waals surface area (Å²) in [6.07, 6.45) is 3.78. The average molecular weight is 299 g/mol. The van der Waals surface area contributed by atoms with Gasteiger partial charge in [0.25, 0.3) is 11.6 Å². The van der Waals surface area contributed by atoms with Gasteiger partial charge in [-0.05, 0) is 19.3 Å². The van der Waals surface area contributed by atoms with Gasteiger partial charge in [-0.2, -0.15) is 0 Å². The number of nitrogens with zero attached hydrogens (tertiary/aromatic N) is 3. The van der Waals surface area contributed by atoms with Crippen molar-refractivity contribution in [2.24, 2.45) is 5.73 Å². The predicted molar refractivity (Wildman–Crippen MR) is 73.6 cm³/mol. The van der Waals surface area contributed by atoms with E-state index < -0.39 is 4.92 Å². The van der Waals surface area contributed by atoms with Gasteiger partial charge in [0, 0.05) is 25.2 Å². The summed E-state index contributed by atoms with van der Waals surface area (Å²) in [5, 5.41) is 10.7. The van der Waals surface area contributed by atoms with Crippen LogP contribution in [0.5, 0.6) is 0 Å². The molecular formula is C12H15ClN4O3. The summed E-state index contributed by atoms with van der Waals surface area (Å²) in [7, 11) is 0. The van der Waals surface area contributed by atoms with Crippen molar-refractivity contribution in [2.75, 3.05) is 13.1 Å². The number of nitrogens with two attached hydrogens (primary N) is 1. The molecule has 20 heavy (non-hydrogen) atoms. The van der Waals surface area contributed by atoms with Gasteiger partial charge < -0.3 is 10.6 Å². The molecular weight excluding hydrogens is 284 g/mol. The second-order valence-corrected chi connectivity index (χ2v) is 5.03. The highest BCUT2D eigenvalue weighted by Gasteiger charge is 2.29. The Labute approximate surface area is 120 Å². The summed E-state index contributed by atoms with van der Waals surface area (Å²) in [5.74, 6) is -0.346. The molecule has 1 aromatic rings. The second kappa shape index (κ2) is 6.15. The van der Waals surface area contributed by atoms with E-state index in [4.69, 9.17) is 17.3 Å². The van der Waals surface area contributed by atoms with Crippen molar-refractivity contribution in [3.8, 4) is 0 Å². The highest BCUT2D eigenvalue weighted by atomic mass is 35.5.